The molecule has 2 heterocycles. The second-order valence-electron chi connectivity index (χ2n) is 5.67. The van der Waals surface area contributed by atoms with Gasteiger partial charge in [-0.05, 0) is 39.5 Å². The Morgan fingerprint density at radius 2 is 1.95 bits per heavy atom. The molecule has 4 rings (SSSR count). The molecule has 5 heteroatoms. The predicted octanol–water partition coefficient (Wildman–Crippen LogP) is 2.73. The van der Waals surface area contributed by atoms with Crippen LogP contribution in [-0.4, -0.2) is 26.1 Å². The molecule has 0 saturated heterocycles. The van der Waals surface area contributed by atoms with Gasteiger partial charge in [-0.3, -0.25) is 0 Å². The first-order valence-electron chi connectivity index (χ1n) is 7.28. The lowest BCUT2D eigenvalue weighted by Gasteiger charge is -2.16. The Morgan fingerprint density at radius 3 is 2.58 bits per heavy atom. The molecular formula is C14H19N5. The Balaban J connectivity index is 1.91. The van der Waals surface area contributed by atoms with Gasteiger partial charge in [0.1, 0.15) is 11.6 Å². The van der Waals surface area contributed by atoms with Gasteiger partial charge in [0, 0.05) is 18.5 Å². The van der Waals surface area contributed by atoms with Crippen LogP contribution in [0.1, 0.15) is 56.2 Å². The number of hydrogen-bond donors (Lipinski definition) is 1. The van der Waals surface area contributed by atoms with Crippen molar-refractivity contribution in [2.24, 2.45) is 0 Å². The predicted molar refractivity (Wildman–Crippen MR) is 73.6 cm³/mol. The smallest absolute Gasteiger partial charge is 0.166 e. The maximum atomic E-state index is 4.81. The third kappa shape index (κ3) is 1.79. The lowest BCUT2D eigenvalue weighted by atomic mass is 10.3. The van der Waals surface area contributed by atoms with E-state index in [1.165, 1.54) is 25.7 Å². The molecule has 2 aliphatic heterocycles. The summed E-state index contributed by atoms with van der Waals surface area (Å²) in [6.07, 6.45) is 4.97. The van der Waals surface area contributed by atoms with E-state index in [4.69, 9.17) is 15.0 Å². The lowest BCUT2D eigenvalue weighted by Crippen LogP contribution is -2.12. The molecule has 0 aromatic heterocycles. The van der Waals surface area contributed by atoms with Gasteiger partial charge in [0.2, 0.25) is 0 Å². The number of imidazole rings is 1. The topological polar surface area (TPSA) is 55.6 Å². The third-order valence-electron chi connectivity index (χ3n) is 3.93. The van der Waals surface area contributed by atoms with E-state index < -0.39 is 0 Å². The number of aromatic nitrogens is 4. The highest BCUT2D eigenvalue weighted by Gasteiger charge is 2.35. The Kier molecular flexibility index (Phi) is 2.31. The number of hydrogen-bond acceptors (Lipinski definition) is 4. The summed E-state index contributed by atoms with van der Waals surface area (Å²) >= 11 is 0. The Hall–Kier alpha value is -1.65. The molecule has 0 aromatic rings. The zero-order valence-corrected chi connectivity index (χ0v) is 11.5. The van der Waals surface area contributed by atoms with E-state index in [1.54, 1.807) is 0 Å². The van der Waals surface area contributed by atoms with E-state index in [1.807, 2.05) is 0 Å². The van der Waals surface area contributed by atoms with Gasteiger partial charge in [-0.15, -0.1) is 0 Å². The van der Waals surface area contributed by atoms with E-state index >= 15 is 0 Å². The quantitative estimate of drug-likeness (QED) is 0.915. The van der Waals surface area contributed by atoms with Gasteiger partial charge in [0.05, 0.1) is 0 Å². The van der Waals surface area contributed by atoms with Crippen LogP contribution in [-0.2, 0) is 0 Å². The summed E-state index contributed by atoms with van der Waals surface area (Å²) in [6, 6.07) is 0.592. The summed E-state index contributed by atoms with van der Waals surface area (Å²) < 4.78 is 2.29. The zero-order valence-electron chi connectivity index (χ0n) is 11.5. The molecule has 0 spiro atoms. The standard InChI is InChI=1S/C14H19N5/c1-3-15-13-11-14(18-12(17-11)9-4-5-9)19(8(2)16-13)10-6-7-10/h9-10,15H,3-7H2,1-2H3. The van der Waals surface area contributed by atoms with Crippen LogP contribution in [0.5, 0.6) is 0 Å². The molecule has 4 aliphatic rings. The van der Waals surface area contributed by atoms with Crippen LogP contribution in [0.3, 0.4) is 0 Å². The summed E-state index contributed by atoms with van der Waals surface area (Å²) in [5.41, 5.74) is 0.959. The van der Waals surface area contributed by atoms with E-state index in [0.717, 1.165) is 35.5 Å². The van der Waals surface area contributed by atoms with Crippen LogP contribution in [0.2, 0.25) is 0 Å². The molecule has 2 aliphatic carbocycles. The highest BCUT2D eigenvalue weighted by atomic mass is 15.2. The number of nitrogens with zero attached hydrogens (tertiary/aromatic N) is 4. The van der Waals surface area contributed by atoms with Gasteiger partial charge < -0.3 is 9.88 Å². The SMILES string of the molecule is CCNc1nc(C)n(C2CC2)c2nc(C3CC3)nc1-2. The Labute approximate surface area is 112 Å². The summed E-state index contributed by atoms with van der Waals surface area (Å²) in [5, 5.41) is 3.32. The molecule has 2 fully saturated rings. The van der Waals surface area contributed by atoms with E-state index in [9.17, 15) is 0 Å². The monoisotopic (exact) mass is 257 g/mol. The molecule has 0 atom stereocenters. The van der Waals surface area contributed by atoms with Gasteiger partial charge >= 0.3 is 0 Å². The van der Waals surface area contributed by atoms with E-state index in [0.29, 0.717) is 12.0 Å². The maximum absolute atomic E-state index is 4.81. The van der Waals surface area contributed by atoms with Crippen LogP contribution in [0.15, 0.2) is 0 Å². The first-order valence-corrected chi connectivity index (χ1v) is 7.28. The number of rotatable bonds is 4. The molecule has 5 nitrogen and oxygen atoms in total. The third-order valence-corrected chi connectivity index (χ3v) is 3.93. The van der Waals surface area contributed by atoms with Crippen molar-refractivity contribution in [2.45, 2.75) is 51.5 Å². The fourth-order valence-electron chi connectivity index (χ4n) is 2.68. The zero-order chi connectivity index (χ0) is 13.0. The summed E-state index contributed by atoms with van der Waals surface area (Å²) in [4.78, 5) is 14.3. The van der Waals surface area contributed by atoms with Crippen LogP contribution < -0.4 is 5.32 Å². The van der Waals surface area contributed by atoms with Gasteiger partial charge in [-0.1, -0.05) is 0 Å². The average Bonchev–Trinajstić information content (AvgIpc) is 3.27. The van der Waals surface area contributed by atoms with E-state index in [-0.39, 0.29) is 0 Å². The van der Waals surface area contributed by atoms with Crippen LogP contribution in [0, 0.1) is 6.92 Å². The van der Waals surface area contributed by atoms with Crippen LogP contribution in [0.25, 0.3) is 11.5 Å². The van der Waals surface area contributed by atoms with Crippen molar-refractivity contribution < 1.29 is 0 Å². The molecule has 19 heavy (non-hydrogen) atoms. The summed E-state index contributed by atoms with van der Waals surface area (Å²) in [6.45, 7) is 5.02. The van der Waals surface area contributed by atoms with Crippen molar-refractivity contribution in [1.82, 2.24) is 19.5 Å². The minimum atomic E-state index is 0.592. The lowest BCUT2D eigenvalue weighted by molar-refractivity contribution is 0.679. The fraction of sp³-hybridized carbons (Fsp3) is 0.643. The van der Waals surface area contributed by atoms with Crippen molar-refractivity contribution >= 4 is 5.82 Å². The number of anilines is 1. The highest BCUT2D eigenvalue weighted by Crippen LogP contribution is 2.44. The molecule has 100 valence electrons. The molecule has 0 radical (unpaired) electrons. The van der Waals surface area contributed by atoms with Crippen molar-refractivity contribution in [2.75, 3.05) is 11.9 Å². The largest absolute Gasteiger partial charge is 0.368 e. The Morgan fingerprint density at radius 1 is 1.16 bits per heavy atom. The second-order valence-corrected chi connectivity index (χ2v) is 5.67. The van der Waals surface area contributed by atoms with E-state index in [2.05, 4.69) is 23.7 Å². The highest BCUT2D eigenvalue weighted by molar-refractivity contribution is 5.68. The Bertz CT molecular complexity index is 594. The van der Waals surface area contributed by atoms with Crippen molar-refractivity contribution in [1.29, 1.82) is 0 Å². The van der Waals surface area contributed by atoms with Gasteiger partial charge in [-0.2, -0.15) is 0 Å². The molecule has 0 bridgehead atoms. The van der Waals surface area contributed by atoms with Gasteiger partial charge in [0.15, 0.2) is 17.3 Å². The summed E-state index contributed by atoms with van der Waals surface area (Å²) in [7, 11) is 0. The first-order chi connectivity index (χ1) is 9.28. The van der Waals surface area contributed by atoms with Crippen molar-refractivity contribution in [3.8, 4) is 11.5 Å². The molecule has 1 N–H and O–H groups in total. The van der Waals surface area contributed by atoms with Crippen LogP contribution in [0.4, 0.5) is 5.82 Å². The first kappa shape index (κ1) is 11.2. The van der Waals surface area contributed by atoms with Gasteiger partial charge in [-0.25, -0.2) is 15.0 Å². The normalized spacial score (nSPS) is 19.1. The minimum absolute atomic E-state index is 0.592. The molecule has 2 saturated carbocycles. The molecule has 0 aromatic carbocycles. The number of nitrogens with one attached hydrogen (secondary N) is 1. The second kappa shape index (κ2) is 3.92. The average molecular weight is 257 g/mol. The molecule has 0 unspecified atom stereocenters. The van der Waals surface area contributed by atoms with Gasteiger partial charge in [0.25, 0.3) is 0 Å². The number of aryl methyl sites for hydroxylation is 1. The van der Waals surface area contributed by atoms with Crippen LogP contribution >= 0.6 is 0 Å². The maximum Gasteiger partial charge on any atom is 0.166 e. The fourth-order valence-corrected chi connectivity index (χ4v) is 2.68. The molecule has 0 amide bonds. The summed E-state index contributed by atoms with van der Waals surface area (Å²) in [5.74, 6) is 4.60. The van der Waals surface area contributed by atoms with Crippen molar-refractivity contribution in [3.63, 3.8) is 0 Å². The minimum Gasteiger partial charge on any atom is -0.368 e. The number of fused-ring (bicyclic) bond motifs is 1. The van der Waals surface area contributed by atoms with Crippen molar-refractivity contribution in [3.05, 3.63) is 11.6 Å². The molecular weight excluding hydrogens is 238 g/mol.